The summed E-state index contributed by atoms with van der Waals surface area (Å²) in [5.74, 6) is -2.98. The highest BCUT2D eigenvalue weighted by Gasteiger charge is 2.32. The van der Waals surface area contributed by atoms with Gasteiger partial charge in [0.2, 0.25) is 5.91 Å². The molecule has 0 unspecified atom stereocenters. The number of hydrogen-bond acceptors (Lipinski definition) is 5. The molecule has 0 bridgehead atoms. The second-order valence-electron chi connectivity index (χ2n) is 6.08. The van der Waals surface area contributed by atoms with Gasteiger partial charge in [-0.05, 0) is 31.5 Å². The topological polar surface area (TPSA) is 129 Å². The van der Waals surface area contributed by atoms with E-state index in [1.54, 1.807) is 13.8 Å². The molecule has 0 aromatic heterocycles. The third kappa shape index (κ3) is 7.89. The molecular formula is C18H22FN3O5. The SMILES string of the molecule is CC(C)OC(=O)[C@@H](NC(=O)[C@@H](O)Cc1ccc(F)cc1)C(=O)CCC=[N+]=[N-]. The normalized spacial score (nSPS) is 12.6. The molecule has 0 fully saturated rings. The number of nitrogens with zero attached hydrogens (tertiary/aromatic N) is 2. The van der Waals surface area contributed by atoms with E-state index in [4.69, 9.17) is 10.3 Å². The predicted octanol–water partition coefficient (Wildman–Crippen LogP) is 0.815. The monoisotopic (exact) mass is 379 g/mol. The first-order chi connectivity index (χ1) is 12.7. The van der Waals surface area contributed by atoms with Crippen LogP contribution in [0.25, 0.3) is 5.53 Å². The van der Waals surface area contributed by atoms with Crippen molar-refractivity contribution >= 4 is 23.9 Å². The average molecular weight is 379 g/mol. The Morgan fingerprint density at radius 1 is 1.30 bits per heavy atom. The molecule has 27 heavy (non-hydrogen) atoms. The van der Waals surface area contributed by atoms with Gasteiger partial charge in [0.15, 0.2) is 11.8 Å². The van der Waals surface area contributed by atoms with Crippen molar-refractivity contribution in [1.82, 2.24) is 5.32 Å². The van der Waals surface area contributed by atoms with E-state index in [0.717, 1.165) is 6.21 Å². The van der Waals surface area contributed by atoms with Crippen LogP contribution in [0.4, 0.5) is 4.39 Å². The van der Waals surface area contributed by atoms with Crippen molar-refractivity contribution in [3.05, 3.63) is 41.2 Å². The van der Waals surface area contributed by atoms with Crippen LogP contribution in [0.3, 0.4) is 0 Å². The lowest BCUT2D eigenvalue weighted by molar-refractivity contribution is -0.155. The molecule has 0 spiro atoms. The van der Waals surface area contributed by atoms with Crippen molar-refractivity contribution < 1.29 is 33.4 Å². The summed E-state index contributed by atoms with van der Waals surface area (Å²) >= 11 is 0. The first-order valence-corrected chi connectivity index (χ1v) is 8.36. The zero-order valence-electron chi connectivity index (χ0n) is 15.1. The van der Waals surface area contributed by atoms with Crippen LogP contribution in [0.1, 0.15) is 32.3 Å². The fourth-order valence-corrected chi connectivity index (χ4v) is 2.15. The van der Waals surface area contributed by atoms with Crippen molar-refractivity contribution in [1.29, 1.82) is 0 Å². The van der Waals surface area contributed by atoms with Crippen LogP contribution < -0.4 is 5.32 Å². The third-order valence-electron chi connectivity index (χ3n) is 3.44. The lowest BCUT2D eigenvalue weighted by Gasteiger charge is -2.19. The maximum atomic E-state index is 12.9. The minimum atomic E-state index is -1.59. The minimum Gasteiger partial charge on any atom is -0.461 e. The number of aliphatic hydroxyl groups is 1. The van der Waals surface area contributed by atoms with Gasteiger partial charge in [-0.2, -0.15) is 4.79 Å². The fourth-order valence-electron chi connectivity index (χ4n) is 2.15. The Balaban J connectivity index is 2.80. The third-order valence-corrected chi connectivity index (χ3v) is 3.44. The number of rotatable bonds is 10. The highest BCUT2D eigenvalue weighted by Crippen LogP contribution is 2.07. The van der Waals surface area contributed by atoms with Crippen molar-refractivity contribution in [2.24, 2.45) is 0 Å². The van der Waals surface area contributed by atoms with Crippen LogP contribution in [-0.4, -0.2) is 52.0 Å². The summed E-state index contributed by atoms with van der Waals surface area (Å²) in [6.45, 7) is 3.17. The van der Waals surface area contributed by atoms with E-state index in [2.05, 4.69) is 10.1 Å². The van der Waals surface area contributed by atoms with Crippen LogP contribution in [-0.2, 0) is 25.5 Å². The summed E-state index contributed by atoms with van der Waals surface area (Å²) in [6.07, 6.45) is -1.20. The molecule has 2 atom stereocenters. The Morgan fingerprint density at radius 3 is 2.48 bits per heavy atom. The second-order valence-corrected chi connectivity index (χ2v) is 6.08. The molecule has 1 amide bonds. The number of carbonyl (C=O) groups excluding carboxylic acids is 3. The Labute approximate surface area is 156 Å². The number of halogens is 1. The van der Waals surface area contributed by atoms with Gasteiger partial charge in [0.25, 0.3) is 6.21 Å². The van der Waals surface area contributed by atoms with Gasteiger partial charge in [-0.1, -0.05) is 12.1 Å². The van der Waals surface area contributed by atoms with Gasteiger partial charge >= 0.3 is 5.97 Å². The number of benzene rings is 1. The standard InChI is InChI=1S/C18H22FN3O5/c1-11(2)27-18(26)16(14(23)4-3-9-21-20)22-17(25)15(24)10-12-5-7-13(19)8-6-12/h5-9,11,15-16,24H,3-4,10H2,1-2H3,(H,22,25)/t15-,16-/m0/s1. The fraction of sp³-hybridized carbons (Fsp3) is 0.444. The number of aliphatic hydroxyl groups excluding tert-OH is 1. The minimum absolute atomic E-state index is 0.0643. The van der Waals surface area contributed by atoms with Gasteiger partial charge in [0.1, 0.15) is 11.9 Å². The van der Waals surface area contributed by atoms with Crippen molar-refractivity contribution in [2.75, 3.05) is 0 Å². The zero-order chi connectivity index (χ0) is 20.4. The Bertz CT molecular complexity index is 714. The summed E-state index contributed by atoms with van der Waals surface area (Å²) < 4.78 is 17.9. The molecule has 8 nitrogen and oxygen atoms in total. The molecule has 0 aliphatic carbocycles. The second kappa shape index (κ2) is 10.9. The van der Waals surface area contributed by atoms with Crippen molar-refractivity contribution in [2.45, 2.75) is 51.4 Å². The van der Waals surface area contributed by atoms with Crippen LogP contribution in [0.2, 0.25) is 0 Å². The lowest BCUT2D eigenvalue weighted by atomic mass is 10.1. The average Bonchev–Trinajstić information content (AvgIpc) is 2.60. The molecule has 0 heterocycles. The molecule has 0 saturated heterocycles. The maximum absolute atomic E-state index is 12.9. The van der Waals surface area contributed by atoms with Gasteiger partial charge < -0.3 is 20.7 Å². The molecule has 2 N–H and O–H groups in total. The first-order valence-electron chi connectivity index (χ1n) is 8.36. The summed E-state index contributed by atoms with van der Waals surface area (Å²) in [4.78, 5) is 39.3. The number of esters is 1. The van der Waals surface area contributed by atoms with Crippen LogP contribution in [0, 0.1) is 5.82 Å². The summed E-state index contributed by atoms with van der Waals surface area (Å²) in [7, 11) is 0. The van der Waals surface area contributed by atoms with Gasteiger partial charge in [0, 0.05) is 19.3 Å². The van der Waals surface area contributed by atoms with E-state index in [-0.39, 0.29) is 19.3 Å². The highest BCUT2D eigenvalue weighted by atomic mass is 19.1. The van der Waals surface area contributed by atoms with E-state index in [1.165, 1.54) is 24.3 Å². The maximum Gasteiger partial charge on any atom is 0.336 e. The molecule has 0 saturated carbocycles. The van der Waals surface area contributed by atoms with Gasteiger partial charge in [-0.25, -0.2) is 9.18 Å². The van der Waals surface area contributed by atoms with Crippen LogP contribution in [0.5, 0.6) is 0 Å². The summed E-state index contributed by atoms with van der Waals surface area (Å²) in [5, 5.41) is 12.2. The quantitative estimate of drug-likeness (QED) is 0.204. The summed E-state index contributed by atoms with van der Waals surface area (Å²) in [5.41, 5.74) is 8.87. The van der Waals surface area contributed by atoms with E-state index in [0.29, 0.717) is 5.56 Å². The Hall–Kier alpha value is -2.90. The zero-order valence-corrected chi connectivity index (χ0v) is 15.1. The Kier molecular flexibility index (Phi) is 8.98. The van der Waals surface area contributed by atoms with Crippen LogP contribution >= 0.6 is 0 Å². The van der Waals surface area contributed by atoms with E-state index in [1.807, 2.05) is 0 Å². The number of nitrogens with one attached hydrogen (secondary N) is 1. The smallest absolute Gasteiger partial charge is 0.336 e. The first kappa shape index (κ1) is 22.1. The highest BCUT2D eigenvalue weighted by molar-refractivity contribution is 6.06. The van der Waals surface area contributed by atoms with Crippen molar-refractivity contribution in [3.8, 4) is 0 Å². The van der Waals surface area contributed by atoms with Gasteiger partial charge in [0.05, 0.1) is 6.10 Å². The van der Waals surface area contributed by atoms with Crippen molar-refractivity contribution in [3.63, 3.8) is 0 Å². The molecule has 1 rings (SSSR count). The van der Waals surface area contributed by atoms with E-state index < -0.39 is 41.7 Å². The number of amides is 1. The van der Waals surface area contributed by atoms with Crippen LogP contribution in [0.15, 0.2) is 24.3 Å². The Morgan fingerprint density at radius 2 is 1.93 bits per heavy atom. The number of carbonyl (C=O) groups is 3. The molecule has 0 aliphatic rings. The number of ether oxygens (including phenoxy) is 1. The molecule has 146 valence electrons. The molecule has 0 aliphatic heterocycles. The molecule has 0 radical (unpaired) electrons. The lowest BCUT2D eigenvalue weighted by Crippen LogP contribution is -2.51. The largest absolute Gasteiger partial charge is 0.461 e. The van der Waals surface area contributed by atoms with Gasteiger partial charge in [-0.15, -0.1) is 0 Å². The molecule has 9 heteroatoms. The molecular weight excluding hydrogens is 357 g/mol. The predicted molar refractivity (Wildman–Crippen MR) is 93.2 cm³/mol. The van der Waals surface area contributed by atoms with E-state index in [9.17, 15) is 23.9 Å². The number of Topliss-reactive ketones (excluding diaryl/α,β-unsaturated/α-hetero) is 1. The number of hydrogen-bond donors (Lipinski definition) is 2. The molecule has 1 aromatic carbocycles. The number of ketones is 1. The summed E-state index contributed by atoms with van der Waals surface area (Å²) in [6, 6.07) is 3.62. The van der Waals surface area contributed by atoms with Gasteiger partial charge in [-0.3, -0.25) is 9.59 Å². The molecule has 1 aromatic rings. The van der Waals surface area contributed by atoms with E-state index >= 15 is 0 Å².